The van der Waals surface area contributed by atoms with Crippen LogP contribution < -0.4 is 0 Å². The van der Waals surface area contributed by atoms with Crippen molar-refractivity contribution >= 4 is 17.7 Å². The molecule has 0 aliphatic carbocycles. The smallest absolute Gasteiger partial charge is 0.323 e. The number of ether oxygens (including phenoxy) is 1. The zero-order valence-corrected chi connectivity index (χ0v) is 9.98. The van der Waals surface area contributed by atoms with Gasteiger partial charge in [0.05, 0.1) is 7.11 Å². The van der Waals surface area contributed by atoms with E-state index in [9.17, 15) is 4.79 Å². The molecule has 2 rings (SSSR count). The van der Waals surface area contributed by atoms with E-state index >= 15 is 0 Å². The van der Waals surface area contributed by atoms with E-state index < -0.39 is 5.25 Å². The summed E-state index contributed by atoms with van der Waals surface area (Å²) in [5.41, 5.74) is 0.876. The summed E-state index contributed by atoms with van der Waals surface area (Å²) in [6, 6.07) is 9.42. The number of esters is 1. The van der Waals surface area contributed by atoms with Gasteiger partial charge in [-0.3, -0.25) is 9.89 Å². The molecule has 17 heavy (non-hydrogen) atoms. The van der Waals surface area contributed by atoms with Crippen molar-refractivity contribution in [2.75, 3.05) is 7.11 Å². The van der Waals surface area contributed by atoms with Gasteiger partial charge in [-0.15, -0.1) is 0 Å². The highest BCUT2D eigenvalue weighted by Gasteiger charge is 2.23. The first-order valence-electron chi connectivity index (χ1n) is 4.96. The lowest BCUT2D eigenvalue weighted by Gasteiger charge is -2.12. The maximum Gasteiger partial charge on any atom is 0.323 e. The highest BCUT2D eigenvalue weighted by Crippen LogP contribution is 2.33. The first-order valence-corrected chi connectivity index (χ1v) is 5.84. The van der Waals surface area contributed by atoms with Gasteiger partial charge in [-0.25, -0.2) is 4.98 Å². The SMILES string of the molecule is COC(=O)C(Sc1ncn[nH]1)c1ccccc1. The van der Waals surface area contributed by atoms with Gasteiger partial charge in [0, 0.05) is 0 Å². The van der Waals surface area contributed by atoms with Gasteiger partial charge in [0.25, 0.3) is 0 Å². The number of hydrogen-bond donors (Lipinski definition) is 1. The zero-order valence-electron chi connectivity index (χ0n) is 9.16. The van der Waals surface area contributed by atoms with Gasteiger partial charge in [0.2, 0.25) is 0 Å². The topological polar surface area (TPSA) is 67.9 Å². The third kappa shape index (κ3) is 2.85. The van der Waals surface area contributed by atoms with Crippen LogP contribution in [0.2, 0.25) is 0 Å². The summed E-state index contributed by atoms with van der Waals surface area (Å²) >= 11 is 1.28. The molecule has 0 saturated heterocycles. The molecule has 0 spiro atoms. The lowest BCUT2D eigenvalue weighted by Crippen LogP contribution is -2.11. The Labute approximate surface area is 103 Å². The summed E-state index contributed by atoms with van der Waals surface area (Å²) in [6.07, 6.45) is 1.40. The summed E-state index contributed by atoms with van der Waals surface area (Å²) in [4.78, 5) is 15.7. The van der Waals surface area contributed by atoms with Crippen LogP contribution in [0.5, 0.6) is 0 Å². The fourth-order valence-corrected chi connectivity index (χ4v) is 2.27. The fraction of sp³-hybridized carbons (Fsp3) is 0.182. The number of hydrogen-bond acceptors (Lipinski definition) is 5. The minimum Gasteiger partial charge on any atom is -0.468 e. The van der Waals surface area contributed by atoms with Crippen molar-refractivity contribution in [3.05, 3.63) is 42.2 Å². The van der Waals surface area contributed by atoms with Crippen LogP contribution in [0.25, 0.3) is 0 Å². The number of rotatable bonds is 4. The van der Waals surface area contributed by atoms with Crippen molar-refractivity contribution in [3.63, 3.8) is 0 Å². The van der Waals surface area contributed by atoms with E-state index in [-0.39, 0.29) is 5.97 Å². The number of aromatic amines is 1. The van der Waals surface area contributed by atoms with Gasteiger partial charge in [-0.05, 0) is 5.56 Å². The molecule has 0 amide bonds. The molecule has 5 nitrogen and oxygen atoms in total. The average Bonchev–Trinajstić information content (AvgIpc) is 2.89. The highest BCUT2D eigenvalue weighted by atomic mass is 32.2. The Hall–Kier alpha value is -1.82. The van der Waals surface area contributed by atoms with Crippen molar-refractivity contribution in [2.45, 2.75) is 10.4 Å². The molecule has 1 unspecified atom stereocenters. The average molecular weight is 249 g/mol. The molecule has 1 atom stereocenters. The third-order valence-electron chi connectivity index (χ3n) is 2.14. The predicted octanol–water partition coefficient (Wildman–Crippen LogP) is 1.81. The molecular formula is C11H11N3O2S. The number of carbonyl (C=O) groups is 1. The molecule has 2 aromatic rings. The zero-order chi connectivity index (χ0) is 12.1. The summed E-state index contributed by atoms with van der Waals surface area (Å²) in [5.74, 6) is -0.308. The first-order chi connectivity index (χ1) is 8.31. The van der Waals surface area contributed by atoms with Gasteiger partial charge in [0.1, 0.15) is 11.6 Å². The Morgan fingerprint density at radius 1 is 1.41 bits per heavy atom. The van der Waals surface area contributed by atoms with Crippen LogP contribution >= 0.6 is 11.8 Å². The summed E-state index contributed by atoms with van der Waals surface area (Å²) < 4.78 is 4.79. The van der Waals surface area contributed by atoms with Gasteiger partial charge >= 0.3 is 5.97 Å². The normalized spacial score (nSPS) is 12.1. The largest absolute Gasteiger partial charge is 0.468 e. The minimum absolute atomic E-state index is 0.308. The van der Waals surface area contributed by atoms with Crippen LogP contribution in [0.1, 0.15) is 10.8 Å². The quantitative estimate of drug-likeness (QED) is 0.661. The Kier molecular flexibility index (Phi) is 3.77. The van der Waals surface area contributed by atoms with Crippen LogP contribution in [0.3, 0.4) is 0 Å². The van der Waals surface area contributed by atoms with Crippen molar-refractivity contribution in [2.24, 2.45) is 0 Å². The molecule has 6 heteroatoms. The maximum absolute atomic E-state index is 11.7. The van der Waals surface area contributed by atoms with E-state index in [0.29, 0.717) is 5.16 Å². The lowest BCUT2D eigenvalue weighted by atomic mass is 10.1. The number of nitrogens with zero attached hydrogens (tertiary/aromatic N) is 2. The molecule has 1 aromatic carbocycles. The number of thioether (sulfide) groups is 1. The van der Waals surface area contributed by atoms with Crippen LogP contribution in [0.4, 0.5) is 0 Å². The molecule has 0 fully saturated rings. The minimum atomic E-state index is -0.436. The van der Waals surface area contributed by atoms with Crippen molar-refractivity contribution in [1.82, 2.24) is 15.2 Å². The second kappa shape index (κ2) is 5.49. The number of benzene rings is 1. The van der Waals surface area contributed by atoms with Crippen molar-refractivity contribution in [3.8, 4) is 0 Å². The molecule has 0 saturated carbocycles. The van der Waals surface area contributed by atoms with Crippen LogP contribution in [0, 0.1) is 0 Å². The van der Waals surface area contributed by atoms with Gasteiger partial charge in [-0.1, -0.05) is 42.1 Å². The molecule has 0 aliphatic heterocycles. The molecular weight excluding hydrogens is 238 g/mol. The molecule has 0 radical (unpaired) electrons. The summed E-state index contributed by atoms with van der Waals surface area (Å²) in [5, 5.41) is 6.61. The lowest BCUT2D eigenvalue weighted by molar-refractivity contribution is -0.140. The van der Waals surface area contributed by atoms with Gasteiger partial charge in [0.15, 0.2) is 5.16 Å². The summed E-state index contributed by atoms with van der Waals surface area (Å²) in [7, 11) is 1.37. The molecule has 0 aliphatic rings. The number of aromatic nitrogens is 3. The maximum atomic E-state index is 11.7. The number of carbonyl (C=O) groups excluding carboxylic acids is 1. The second-order valence-corrected chi connectivity index (χ2v) is 4.32. The van der Waals surface area contributed by atoms with E-state index in [1.165, 1.54) is 25.2 Å². The monoisotopic (exact) mass is 249 g/mol. The molecule has 0 bridgehead atoms. The first kappa shape index (κ1) is 11.7. The van der Waals surface area contributed by atoms with Gasteiger partial charge in [-0.2, -0.15) is 5.10 Å². The van der Waals surface area contributed by atoms with E-state index in [4.69, 9.17) is 4.74 Å². The summed E-state index contributed by atoms with van der Waals surface area (Å²) in [6.45, 7) is 0. The standard InChI is InChI=1S/C11H11N3O2S/c1-16-10(15)9(8-5-3-2-4-6-8)17-11-12-7-13-14-11/h2-7,9H,1H3,(H,12,13,14). The fourth-order valence-electron chi connectivity index (χ4n) is 1.35. The van der Waals surface area contributed by atoms with E-state index in [2.05, 4.69) is 15.2 Å². The van der Waals surface area contributed by atoms with E-state index in [1.54, 1.807) is 0 Å². The molecule has 1 heterocycles. The molecule has 1 aromatic heterocycles. The second-order valence-electron chi connectivity index (χ2n) is 3.22. The Morgan fingerprint density at radius 3 is 2.76 bits per heavy atom. The van der Waals surface area contributed by atoms with Crippen LogP contribution in [-0.2, 0) is 9.53 Å². The van der Waals surface area contributed by atoms with E-state index in [1.807, 2.05) is 30.3 Å². The molecule has 88 valence electrons. The van der Waals surface area contributed by atoms with E-state index in [0.717, 1.165) is 5.56 Å². The number of methoxy groups -OCH3 is 1. The highest BCUT2D eigenvalue weighted by molar-refractivity contribution is 8.00. The van der Waals surface area contributed by atoms with Gasteiger partial charge < -0.3 is 4.74 Å². The third-order valence-corrected chi connectivity index (χ3v) is 3.26. The van der Waals surface area contributed by atoms with Crippen LogP contribution in [-0.4, -0.2) is 28.3 Å². The van der Waals surface area contributed by atoms with Crippen molar-refractivity contribution < 1.29 is 9.53 Å². The predicted molar refractivity (Wildman–Crippen MR) is 63.4 cm³/mol. The van der Waals surface area contributed by atoms with Crippen molar-refractivity contribution in [1.29, 1.82) is 0 Å². The van der Waals surface area contributed by atoms with Crippen LogP contribution in [0.15, 0.2) is 41.8 Å². The Bertz CT molecular complexity index is 473. The molecule has 1 N–H and O–H groups in total. The Balaban J connectivity index is 2.23. The number of H-pyrrole nitrogens is 1. The Morgan fingerprint density at radius 2 is 2.18 bits per heavy atom. The number of nitrogens with one attached hydrogen (secondary N) is 1.